The fourth-order valence-electron chi connectivity index (χ4n) is 2.78. The molecule has 2 aromatic rings. The highest BCUT2D eigenvalue weighted by Gasteiger charge is 2.26. The van der Waals surface area contributed by atoms with Crippen LogP contribution in [0.5, 0.6) is 0 Å². The van der Waals surface area contributed by atoms with E-state index in [-0.39, 0.29) is 6.04 Å². The molecule has 4 rings (SSSR count). The first kappa shape index (κ1) is 14.4. The summed E-state index contributed by atoms with van der Waals surface area (Å²) in [5.74, 6) is 2.44. The van der Waals surface area contributed by atoms with Crippen molar-refractivity contribution in [2.24, 2.45) is 0 Å². The van der Waals surface area contributed by atoms with Crippen LogP contribution in [0.3, 0.4) is 0 Å². The molecule has 4 N–H and O–H groups in total. The number of aromatic amines is 1. The van der Waals surface area contributed by atoms with E-state index in [4.69, 9.17) is 0 Å². The highest BCUT2D eigenvalue weighted by atomic mass is 19.1. The molecule has 0 amide bonds. The Labute approximate surface area is 133 Å². The maximum Gasteiger partial charge on any atom is 0.224 e. The predicted molar refractivity (Wildman–Crippen MR) is 85.7 cm³/mol. The van der Waals surface area contributed by atoms with Crippen molar-refractivity contribution in [1.82, 2.24) is 25.5 Å². The number of aromatic nitrogens is 4. The Balaban J connectivity index is 1.42. The summed E-state index contributed by atoms with van der Waals surface area (Å²) in [7, 11) is 0. The van der Waals surface area contributed by atoms with E-state index in [0.717, 1.165) is 18.1 Å². The van der Waals surface area contributed by atoms with Gasteiger partial charge in [0.2, 0.25) is 5.95 Å². The number of alkyl halides is 1. The van der Waals surface area contributed by atoms with Gasteiger partial charge in [-0.05, 0) is 31.9 Å². The molecule has 0 bridgehead atoms. The molecule has 1 aliphatic heterocycles. The first-order valence-electron chi connectivity index (χ1n) is 8.04. The van der Waals surface area contributed by atoms with Crippen molar-refractivity contribution in [1.29, 1.82) is 0 Å². The van der Waals surface area contributed by atoms with Gasteiger partial charge >= 0.3 is 0 Å². The molecule has 7 nitrogen and oxygen atoms in total. The third-order valence-corrected chi connectivity index (χ3v) is 4.25. The van der Waals surface area contributed by atoms with Crippen LogP contribution in [0.15, 0.2) is 18.3 Å². The van der Waals surface area contributed by atoms with Gasteiger partial charge in [-0.2, -0.15) is 10.1 Å². The first-order valence-corrected chi connectivity index (χ1v) is 8.04. The van der Waals surface area contributed by atoms with E-state index in [0.29, 0.717) is 30.6 Å². The smallest absolute Gasteiger partial charge is 0.224 e. The number of nitrogens with zero attached hydrogens (tertiary/aromatic N) is 3. The summed E-state index contributed by atoms with van der Waals surface area (Å²) < 4.78 is 13.9. The second kappa shape index (κ2) is 6.11. The van der Waals surface area contributed by atoms with E-state index in [1.165, 1.54) is 12.8 Å². The molecule has 2 aliphatic rings. The zero-order chi connectivity index (χ0) is 15.6. The zero-order valence-electron chi connectivity index (χ0n) is 12.7. The lowest BCUT2D eigenvalue weighted by Gasteiger charge is -2.27. The quantitative estimate of drug-likeness (QED) is 0.674. The molecule has 1 aliphatic carbocycles. The van der Waals surface area contributed by atoms with E-state index in [1.54, 1.807) is 12.3 Å². The van der Waals surface area contributed by atoms with Crippen LogP contribution >= 0.6 is 0 Å². The summed E-state index contributed by atoms with van der Waals surface area (Å²) in [5.41, 5.74) is 1.16. The van der Waals surface area contributed by atoms with Crippen LogP contribution in [-0.4, -0.2) is 45.5 Å². The van der Waals surface area contributed by atoms with E-state index >= 15 is 0 Å². The average Bonchev–Trinajstić information content (AvgIpc) is 3.30. The number of piperidine rings is 1. The first-order chi connectivity index (χ1) is 11.3. The number of hydrogen-bond donors (Lipinski definition) is 4. The number of hydrogen-bond acceptors (Lipinski definition) is 6. The van der Waals surface area contributed by atoms with Crippen molar-refractivity contribution in [2.75, 3.05) is 23.7 Å². The standard InChI is InChI=1S/C15H20FN7/c16-10-8-17-5-3-11(10)19-15-18-6-4-13(21-15)20-14-7-12(22-23-14)9-1-2-9/h4,6-7,9-11,17H,1-3,5,8H2,(H3,18,19,20,21,22,23). The molecule has 2 fully saturated rings. The lowest BCUT2D eigenvalue weighted by molar-refractivity contribution is 0.244. The van der Waals surface area contributed by atoms with Gasteiger partial charge in [0.1, 0.15) is 12.0 Å². The number of halogens is 1. The van der Waals surface area contributed by atoms with Gasteiger partial charge in [0.05, 0.1) is 6.04 Å². The van der Waals surface area contributed by atoms with Crippen molar-refractivity contribution in [2.45, 2.75) is 37.4 Å². The van der Waals surface area contributed by atoms with E-state index < -0.39 is 6.17 Å². The molecule has 8 heteroatoms. The molecular formula is C15H20FN7. The Morgan fingerprint density at radius 1 is 1.22 bits per heavy atom. The fourth-order valence-corrected chi connectivity index (χ4v) is 2.78. The predicted octanol–water partition coefficient (Wildman–Crippen LogP) is 1.93. The van der Waals surface area contributed by atoms with Crippen LogP contribution in [0.25, 0.3) is 0 Å². The summed E-state index contributed by atoms with van der Waals surface area (Å²) >= 11 is 0. The minimum atomic E-state index is -0.934. The number of rotatable bonds is 5. The molecule has 2 atom stereocenters. The second-order valence-electron chi connectivity index (χ2n) is 6.13. The van der Waals surface area contributed by atoms with Gasteiger partial charge in [0.25, 0.3) is 0 Å². The summed E-state index contributed by atoms with van der Waals surface area (Å²) in [6.07, 6.45) is 3.89. The Morgan fingerprint density at radius 3 is 2.96 bits per heavy atom. The lowest BCUT2D eigenvalue weighted by atomic mass is 10.1. The molecule has 122 valence electrons. The van der Waals surface area contributed by atoms with Gasteiger partial charge in [-0.3, -0.25) is 5.10 Å². The highest BCUT2D eigenvalue weighted by molar-refractivity contribution is 5.53. The van der Waals surface area contributed by atoms with Gasteiger partial charge < -0.3 is 16.0 Å². The second-order valence-corrected chi connectivity index (χ2v) is 6.13. The molecule has 0 aromatic carbocycles. The van der Waals surface area contributed by atoms with Crippen LogP contribution < -0.4 is 16.0 Å². The largest absolute Gasteiger partial charge is 0.348 e. The Kier molecular flexibility index (Phi) is 3.82. The minimum absolute atomic E-state index is 0.252. The number of H-pyrrole nitrogens is 1. The number of anilines is 3. The normalized spacial score (nSPS) is 24.4. The molecule has 2 unspecified atom stereocenters. The van der Waals surface area contributed by atoms with Gasteiger partial charge in [-0.15, -0.1) is 0 Å². The lowest BCUT2D eigenvalue weighted by Crippen LogP contribution is -2.45. The van der Waals surface area contributed by atoms with Crippen LogP contribution in [-0.2, 0) is 0 Å². The maximum atomic E-state index is 13.9. The molecule has 23 heavy (non-hydrogen) atoms. The van der Waals surface area contributed by atoms with Crippen LogP contribution in [0.1, 0.15) is 30.9 Å². The Hall–Kier alpha value is -2.22. The van der Waals surface area contributed by atoms with Crippen LogP contribution in [0.2, 0.25) is 0 Å². The average molecular weight is 317 g/mol. The summed E-state index contributed by atoms with van der Waals surface area (Å²) in [6, 6.07) is 3.53. The van der Waals surface area contributed by atoms with Crippen LogP contribution in [0.4, 0.5) is 22.0 Å². The van der Waals surface area contributed by atoms with Crippen molar-refractivity contribution in [3.63, 3.8) is 0 Å². The van der Waals surface area contributed by atoms with Crippen molar-refractivity contribution in [3.05, 3.63) is 24.0 Å². The van der Waals surface area contributed by atoms with Crippen molar-refractivity contribution >= 4 is 17.6 Å². The van der Waals surface area contributed by atoms with E-state index in [9.17, 15) is 4.39 Å². The molecule has 0 spiro atoms. The zero-order valence-corrected chi connectivity index (χ0v) is 12.7. The minimum Gasteiger partial charge on any atom is -0.348 e. The summed E-state index contributed by atoms with van der Waals surface area (Å²) in [4.78, 5) is 8.57. The molecule has 3 heterocycles. The number of nitrogens with one attached hydrogen (secondary N) is 4. The Morgan fingerprint density at radius 2 is 2.13 bits per heavy atom. The van der Waals surface area contributed by atoms with Crippen LogP contribution in [0, 0.1) is 0 Å². The fraction of sp³-hybridized carbons (Fsp3) is 0.533. The van der Waals surface area contributed by atoms with Gasteiger partial charge in [0.15, 0.2) is 5.82 Å². The van der Waals surface area contributed by atoms with Gasteiger partial charge in [-0.1, -0.05) is 0 Å². The Bertz CT molecular complexity index is 669. The van der Waals surface area contributed by atoms with Crippen molar-refractivity contribution < 1.29 is 4.39 Å². The monoisotopic (exact) mass is 317 g/mol. The van der Waals surface area contributed by atoms with E-state index in [1.807, 2.05) is 6.07 Å². The molecular weight excluding hydrogens is 297 g/mol. The third kappa shape index (κ3) is 3.42. The maximum absolute atomic E-state index is 13.9. The highest BCUT2D eigenvalue weighted by Crippen LogP contribution is 2.39. The summed E-state index contributed by atoms with van der Waals surface area (Å²) in [5, 5.41) is 16.6. The topological polar surface area (TPSA) is 90.6 Å². The molecule has 1 saturated carbocycles. The molecule has 1 saturated heterocycles. The van der Waals surface area contributed by atoms with Gasteiger partial charge in [-0.25, -0.2) is 9.37 Å². The molecule has 2 aromatic heterocycles. The molecule has 0 radical (unpaired) electrons. The van der Waals surface area contributed by atoms with Crippen molar-refractivity contribution in [3.8, 4) is 0 Å². The third-order valence-electron chi connectivity index (χ3n) is 4.25. The SMILES string of the molecule is FC1CNCCC1Nc1nccc(Nc2cc(C3CC3)[nH]n2)n1. The van der Waals surface area contributed by atoms with E-state index in [2.05, 4.69) is 36.1 Å². The van der Waals surface area contributed by atoms with Gasteiger partial charge in [0, 0.05) is 30.4 Å². The summed E-state index contributed by atoms with van der Waals surface area (Å²) in [6.45, 7) is 1.17.